The summed E-state index contributed by atoms with van der Waals surface area (Å²) in [5.74, 6) is -2.58. The van der Waals surface area contributed by atoms with E-state index in [4.69, 9.17) is 14.5 Å². The summed E-state index contributed by atoms with van der Waals surface area (Å²) in [6.45, 7) is 3.46. The van der Waals surface area contributed by atoms with Crippen LogP contribution in [-0.2, 0) is 19.1 Å². The number of benzene rings is 2. The van der Waals surface area contributed by atoms with Crippen molar-refractivity contribution in [1.29, 1.82) is 0 Å². The van der Waals surface area contributed by atoms with Gasteiger partial charge in [0.25, 0.3) is 5.69 Å². The van der Waals surface area contributed by atoms with Crippen LogP contribution in [0.25, 0.3) is 21.8 Å². The third kappa shape index (κ3) is 4.55. The molecule has 0 N–H and O–H groups in total. The summed E-state index contributed by atoms with van der Waals surface area (Å²) in [5.41, 5.74) is 4.16. The van der Waals surface area contributed by atoms with E-state index >= 15 is 0 Å². The fourth-order valence-electron chi connectivity index (χ4n) is 4.43. The Balaban J connectivity index is 1.84. The van der Waals surface area contributed by atoms with Crippen molar-refractivity contribution in [2.75, 3.05) is 14.2 Å². The predicted octanol–water partition coefficient (Wildman–Crippen LogP) is 5.18. The molecule has 0 amide bonds. The smallest absolute Gasteiger partial charge is 0.336 e. The fourth-order valence-corrected chi connectivity index (χ4v) is 5.30. The Morgan fingerprint density at radius 3 is 2.36 bits per heavy atom. The van der Waals surface area contributed by atoms with Crippen molar-refractivity contribution in [3.05, 3.63) is 80.9 Å². The number of non-ortho nitro benzene ring substituents is 1. The number of carbonyl (C=O) groups is 2. The van der Waals surface area contributed by atoms with Gasteiger partial charge in [-0.25, -0.2) is 9.78 Å². The molecule has 0 saturated heterocycles. The van der Waals surface area contributed by atoms with Gasteiger partial charge in [-0.3, -0.25) is 19.9 Å². The number of nitro groups is 1. The number of aliphatic imine (C=N–C) groups is 1. The molecule has 36 heavy (non-hydrogen) atoms. The van der Waals surface area contributed by atoms with E-state index in [9.17, 15) is 19.7 Å². The largest absolute Gasteiger partial charge is 0.468 e. The van der Waals surface area contributed by atoms with Gasteiger partial charge in [0.15, 0.2) is 0 Å². The maximum Gasteiger partial charge on any atom is 0.336 e. The van der Waals surface area contributed by atoms with Crippen molar-refractivity contribution in [3.63, 3.8) is 0 Å². The van der Waals surface area contributed by atoms with Crippen molar-refractivity contribution in [3.8, 4) is 21.8 Å². The molecule has 1 aliphatic rings. The molecule has 2 unspecified atom stereocenters. The van der Waals surface area contributed by atoms with Crippen molar-refractivity contribution in [2.45, 2.75) is 19.8 Å². The number of carbonyl (C=O) groups excluding carboxylic acids is 2. The second kappa shape index (κ2) is 10.2. The van der Waals surface area contributed by atoms with Crippen LogP contribution in [0.5, 0.6) is 0 Å². The molecule has 1 aromatic heterocycles. The molecule has 2 heterocycles. The van der Waals surface area contributed by atoms with Gasteiger partial charge >= 0.3 is 11.9 Å². The zero-order valence-corrected chi connectivity index (χ0v) is 20.9. The molecule has 2 atom stereocenters. The lowest BCUT2D eigenvalue weighted by molar-refractivity contribution is -0.384. The summed E-state index contributed by atoms with van der Waals surface area (Å²) in [7, 11) is 2.60. The van der Waals surface area contributed by atoms with Crippen molar-refractivity contribution >= 4 is 34.7 Å². The first-order chi connectivity index (χ1) is 17.3. The molecule has 0 aliphatic carbocycles. The monoisotopic (exact) mass is 505 g/mol. The van der Waals surface area contributed by atoms with Gasteiger partial charge in [-0.2, -0.15) is 0 Å². The molecule has 2 aromatic carbocycles. The first-order valence-electron chi connectivity index (χ1n) is 11.0. The highest BCUT2D eigenvalue weighted by Gasteiger charge is 2.43. The number of nitro benzene ring substituents is 1. The van der Waals surface area contributed by atoms with Gasteiger partial charge in [0.1, 0.15) is 10.9 Å². The van der Waals surface area contributed by atoms with Crippen molar-refractivity contribution in [1.82, 2.24) is 4.98 Å². The molecule has 184 valence electrons. The topological polar surface area (TPSA) is 121 Å². The minimum atomic E-state index is -0.817. The van der Waals surface area contributed by atoms with E-state index in [0.717, 1.165) is 11.1 Å². The highest BCUT2D eigenvalue weighted by Crippen LogP contribution is 2.44. The molecular formula is C26H23N3O6S. The number of methoxy groups -OCH3 is 2. The van der Waals surface area contributed by atoms with E-state index in [-0.39, 0.29) is 11.3 Å². The molecule has 0 saturated carbocycles. The molecule has 0 radical (unpaired) electrons. The van der Waals surface area contributed by atoms with E-state index in [0.29, 0.717) is 27.7 Å². The Kier molecular flexibility index (Phi) is 7.07. The number of nitrogens with zero attached hydrogens (tertiary/aromatic N) is 3. The zero-order chi connectivity index (χ0) is 26.0. The van der Waals surface area contributed by atoms with Crippen molar-refractivity contribution in [2.24, 2.45) is 10.9 Å². The van der Waals surface area contributed by atoms with Gasteiger partial charge in [-0.15, -0.1) is 11.3 Å². The second-order valence-corrected chi connectivity index (χ2v) is 9.01. The Morgan fingerprint density at radius 1 is 1.03 bits per heavy atom. The zero-order valence-electron chi connectivity index (χ0n) is 20.1. The van der Waals surface area contributed by atoms with E-state index in [1.807, 2.05) is 29.6 Å². The number of esters is 2. The van der Waals surface area contributed by atoms with Gasteiger partial charge in [0.05, 0.1) is 30.4 Å². The SMILES string of the molecule is COC(=O)C1=C(C)N=C(C)C(C(=O)OC)C1c1ccccc1-c1nc(-c2ccc([N+](=O)[O-])cc2)cs1. The number of hydrogen-bond donors (Lipinski definition) is 0. The average molecular weight is 506 g/mol. The van der Waals surface area contributed by atoms with Crippen LogP contribution in [0.4, 0.5) is 5.69 Å². The lowest BCUT2D eigenvalue weighted by atomic mass is 9.74. The normalized spacial score (nSPS) is 17.4. The quantitative estimate of drug-likeness (QED) is 0.257. The molecule has 0 spiro atoms. The molecule has 4 rings (SSSR count). The van der Waals surface area contributed by atoms with E-state index in [1.165, 1.54) is 37.7 Å². The van der Waals surface area contributed by atoms with Crippen LogP contribution in [0, 0.1) is 16.0 Å². The summed E-state index contributed by atoms with van der Waals surface area (Å²) in [6, 6.07) is 13.6. The lowest BCUT2D eigenvalue weighted by Crippen LogP contribution is -2.36. The molecule has 3 aromatic rings. The van der Waals surface area contributed by atoms with Crippen LogP contribution < -0.4 is 0 Å². The van der Waals surface area contributed by atoms with Crippen molar-refractivity contribution < 1.29 is 24.0 Å². The summed E-state index contributed by atoms with van der Waals surface area (Å²) < 4.78 is 10.2. The van der Waals surface area contributed by atoms with Gasteiger partial charge in [-0.05, 0) is 31.5 Å². The Bertz CT molecular complexity index is 1410. The van der Waals surface area contributed by atoms with Crippen LogP contribution in [-0.4, -0.2) is 41.8 Å². The molecule has 9 nitrogen and oxygen atoms in total. The molecule has 0 fully saturated rings. The number of ether oxygens (including phenoxy) is 2. The van der Waals surface area contributed by atoms with Gasteiger partial charge in [0.2, 0.25) is 0 Å². The van der Waals surface area contributed by atoms with E-state index in [2.05, 4.69) is 4.99 Å². The maximum absolute atomic E-state index is 12.9. The standard InChI is InChI=1S/C26H23N3O6S/c1-14-21(25(30)34-3)23(22(15(2)27-14)26(31)35-4)18-7-5-6-8-19(18)24-28-20(13-36-24)16-9-11-17(12-10-16)29(32)33/h5-13,21,23H,1-4H3. The Hall–Kier alpha value is -4.18. The first-order valence-corrected chi connectivity index (χ1v) is 11.9. The van der Waals surface area contributed by atoms with Crippen LogP contribution in [0.2, 0.25) is 0 Å². The van der Waals surface area contributed by atoms with Crippen LogP contribution in [0.15, 0.2) is 70.2 Å². The van der Waals surface area contributed by atoms with Crippen LogP contribution >= 0.6 is 11.3 Å². The minimum Gasteiger partial charge on any atom is -0.468 e. The highest BCUT2D eigenvalue weighted by molar-refractivity contribution is 7.13. The summed E-state index contributed by atoms with van der Waals surface area (Å²) in [5, 5.41) is 13.5. The Labute approximate surface area is 211 Å². The van der Waals surface area contributed by atoms with Crippen LogP contribution in [0.1, 0.15) is 25.3 Å². The molecular weight excluding hydrogens is 482 g/mol. The maximum atomic E-state index is 12.9. The Morgan fingerprint density at radius 2 is 1.72 bits per heavy atom. The minimum absolute atomic E-state index is 0.000213. The summed E-state index contributed by atoms with van der Waals surface area (Å²) >= 11 is 1.39. The first kappa shape index (κ1) is 24.9. The predicted molar refractivity (Wildman–Crippen MR) is 136 cm³/mol. The number of aromatic nitrogens is 1. The van der Waals surface area contributed by atoms with E-state index in [1.54, 1.807) is 26.0 Å². The third-order valence-corrected chi connectivity index (χ3v) is 6.97. The number of thiazole rings is 1. The molecule has 10 heteroatoms. The lowest BCUT2D eigenvalue weighted by Gasteiger charge is -2.32. The number of hydrogen-bond acceptors (Lipinski definition) is 9. The number of allylic oxidation sites excluding steroid dienone is 1. The summed E-state index contributed by atoms with van der Waals surface area (Å²) in [6.07, 6.45) is 0. The van der Waals surface area contributed by atoms with Gasteiger partial charge < -0.3 is 9.47 Å². The third-order valence-electron chi connectivity index (χ3n) is 6.09. The summed E-state index contributed by atoms with van der Waals surface area (Å²) in [4.78, 5) is 45.5. The van der Waals surface area contributed by atoms with E-state index < -0.39 is 28.7 Å². The van der Waals surface area contributed by atoms with Crippen LogP contribution in [0.3, 0.4) is 0 Å². The molecule has 0 bridgehead atoms. The fraction of sp³-hybridized carbons (Fsp3) is 0.231. The van der Waals surface area contributed by atoms with Gasteiger partial charge in [0, 0.05) is 46.0 Å². The molecule has 1 aliphatic heterocycles. The average Bonchev–Trinajstić information content (AvgIpc) is 3.37. The number of rotatable bonds is 6. The highest BCUT2D eigenvalue weighted by atomic mass is 32.1. The second-order valence-electron chi connectivity index (χ2n) is 8.15. The van der Waals surface area contributed by atoms with Gasteiger partial charge in [-0.1, -0.05) is 24.3 Å².